The lowest BCUT2D eigenvalue weighted by molar-refractivity contribution is -0.141. The molecule has 1 amide bonds. The molecule has 4 rings (SSSR count). The number of aromatic nitrogens is 1. The summed E-state index contributed by atoms with van der Waals surface area (Å²) in [6.07, 6.45) is -2.90. The average Bonchev–Trinajstić information content (AvgIpc) is 3.20. The largest absolute Gasteiger partial charge is 0.431 e. The molecule has 1 saturated heterocycles. The van der Waals surface area contributed by atoms with Crippen molar-refractivity contribution in [1.29, 1.82) is 0 Å². The van der Waals surface area contributed by atoms with Gasteiger partial charge in [-0.2, -0.15) is 13.2 Å². The van der Waals surface area contributed by atoms with Crippen molar-refractivity contribution in [1.82, 2.24) is 10.3 Å². The number of halogens is 3. The molecule has 3 heterocycles. The molecule has 0 aliphatic carbocycles. The highest BCUT2D eigenvalue weighted by Gasteiger charge is 2.32. The zero-order valence-corrected chi connectivity index (χ0v) is 16.2. The fourth-order valence-corrected chi connectivity index (χ4v) is 4.67. The number of benzene rings is 1. The summed E-state index contributed by atoms with van der Waals surface area (Å²) in [6, 6.07) is 7.06. The number of thioether (sulfide) groups is 1. The average molecular weight is 438 g/mol. The number of aromatic amines is 1. The van der Waals surface area contributed by atoms with Crippen LogP contribution in [0.15, 0.2) is 45.4 Å². The SMILES string of the molecule is O=C1NC(=S)S/C1=C\c1cc(-c2ccc3[nH]c(C(F)(F)F)cc(=O)c3c2)cs1. The molecule has 1 fully saturated rings. The lowest BCUT2D eigenvalue weighted by Gasteiger charge is -2.08. The molecule has 2 N–H and O–H groups in total. The summed E-state index contributed by atoms with van der Waals surface area (Å²) in [5.41, 5.74) is -0.170. The van der Waals surface area contributed by atoms with Gasteiger partial charge in [0, 0.05) is 21.8 Å². The minimum atomic E-state index is -4.62. The van der Waals surface area contributed by atoms with E-state index in [-0.39, 0.29) is 16.8 Å². The van der Waals surface area contributed by atoms with Gasteiger partial charge in [0.25, 0.3) is 5.91 Å². The van der Waals surface area contributed by atoms with E-state index in [4.69, 9.17) is 12.2 Å². The Morgan fingerprint density at radius 1 is 1.07 bits per heavy atom. The standard InChI is InChI=1S/C18H9F3N2O2S3/c19-18(20,21)15-6-13(24)11-4-8(1-2-12(11)22-15)9-3-10(27-7-9)5-14-16(25)23-17(26)28-14/h1-7H,(H,22,24)(H,23,25,26)/b14-5-. The van der Waals surface area contributed by atoms with Crippen molar-refractivity contribution in [2.24, 2.45) is 0 Å². The van der Waals surface area contributed by atoms with Gasteiger partial charge in [-0.05, 0) is 40.8 Å². The third-order valence-corrected chi connectivity index (χ3v) is 6.05. The quantitative estimate of drug-likeness (QED) is 0.447. The van der Waals surface area contributed by atoms with Crippen LogP contribution in [0.5, 0.6) is 0 Å². The summed E-state index contributed by atoms with van der Waals surface area (Å²) < 4.78 is 39.0. The van der Waals surface area contributed by atoms with Crippen molar-refractivity contribution < 1.29 is 18.0 Å². The number of carbonyl (C=O) groups excluding carboxylic acids is 1. The van der Waals surface area contributed by atoms with E-state index in [0.717, 1.165) is 10.4 Å². The first-order chi connectivity index (χ1) is 13.2. The van der Waals surface area contributed by atoms with Crippen molar-refractivity contribution in [3.8, 4) is 11.1 Å². The highest BCUT2D eigenvalue weighted by atomic mass is 32.2. The summed E-state index contributed by atoms with van der Waals surface area (Å²) in [5.74, 6) is -0.248. The predicted molar refractivity (Wildman–Crippen MR) is 109 cm³/mol. The second kappa shape index (κ2) is 6.87. The molecule has 1 aliphatic rings. The highest BCUT2D eigenvalue weighted by molar-refractivity contribution is 8.26. The number of fused-ring (bicyclic) bond motifs is 1. The van der Waals surface area contributed by atoms with E-state index in [9.17, 15) is 22.8 Å². The Kier molecular flexibility index (Phi) is 4.64. The second-order valence-electron chi connectivity index (χ2n) is 5.90. The molecule has 1 aromatic carbocycles. The minimum absolute atomic E-state index is 0.119. The number of H-pyrrole nitrogens is 1. The van der Waals surface area contributed by atoms with Crippen molar-refractivity contribution in [2.75, 3.05) is 0 Å². The molecule has 0 atom stereocenters. The van der Waals surface area contributed by atoms with Gasteiger partial charge < -0.3 is 10.3 Å². The summed E-state index contributed by atoms with van der Waals surface area (Å²) in [6.45, 7) is 0. The maximum absolute atomic E-state index is 12.8. The van der Waals surface area contributed by atoms with Crippen LogP contribution in [0.25, 0.3) is 28.1 Å². The molecule has 0 saturated carbocycles. The first-order valence-corrected chi connectivity index (χ1v) is 9.89. The maximum atomic E-state index is 12.8. The normalized spacial score (nSPS) is 16.2. The van der Waals surface area contributed by atoms with Crippen molar-refractivity contribution in [3.05, 3.63) is 61.4 Å². The topological polar surface area (TPSA) is 62.0 Å². The van der Waals surface area contributed by atoms with Crippen LogP contribution in [-0.2, 0) is 11.0 Å². The number of hydrogen-bond donors (Lipinski definition) is 2. The Morgan fingerprint density at radius 2 is 1.86 bits per heavy atom. The van der Waals surface area contributed by atoms with Gasteiger partial charge in [-0.3, -0.25) is 9.59 Å². The molecule has 0 spiro atoms. The molecule has 2 aromatic heterocycles. The first kappa shape index (κ1) is 18.9. The monoisotopic (exact) mass is 438 g/mol. The van der Waals surface area contributed by atoms with Crippen molar-refractivity contribution in [2.45, 2.75) is 6.18 Å². The van der Waals surface area contributed by atoms with Crippen LogP contribution in [-0.4, -0.2) is 15.2 Å². The number of alkyl halides is 3. The molecule has 28 heavy (non-hydrogen) atoms. The van der Waals surface area contributed by atoms with Gasteiger partial charge >= 0.3 is 6.18 Å². The van der Waals surface area contributed by atoms with E-state index < -0.39 is 17.3 Å². The Bertz CT molecular complexity index is 1220. The molecule has 0 unspecified atom stereocenters. The molecular weight excluding hydrogens is 429 g/mol. The van der Waals surface area contributed by atoms with Crippen LogP contribution < -0.4 is 10.7 Å². The third-order valence-electron chi connectivity index (χ3n) is 4.00. The first-order valence-electron chi connectivity index (χ1n) is 7.79. The summed E-state index contributed by atoms with van der Waals surface area (Å²) >= 11 is 7.54. The van der Waals surface area contributed by atoms with Gasteiger partial charge in [-0.1, -0.05) is 30.0 Å². The summed E-state index contributed by atoms with van der Waals surface area (Å²) in [4.78, 5) is 27.5. The fourth-order valence-electron chi connectivity index (χ4n) is 2.71. The number of thiophene rings is 1. The number of rotatable bonds is 2. The summed E-state index contributed by atoms with van der Waals surface area (Å²) in [7, 11) is 0. The van der Waals surface area contributed by atoms with E-state index in [1.807, 2.05) is 11.4 Å². The van der Waals surface area contributed by atoms with Crippen LogP contribution in [0.1, 0.15) is 10.6 Å². The van der Waals surface area contributed by atoms with Gasteiger partial charge in [0.1, 0.15) is 10.0 Å². The van der Waals surface area contributed by atoms with Crippen LogP contribution in [0.3, 0.4) is 0 Å². The van der Waals surface area contributed by atoms with Crippen molar-refractivity contribution in [3.63, 3.8) is 0 Å². The van der Waals surface area contributed by atoms with Gasteiger partial charge in [0.2, 0.25) is 0 Å². The van der Waals surface area contributed by atoms with E-state index in [2.05, 4.69) is 10.3 Å². The Balaban J connectivity index is 1.71. The van der Waals surface area contributed by atoms with Gasteiger partial charge in [0.05, 0.1) is 4.91 Å². The molecule has 1 aliphatic heterocycles. The summed E-state index contributed by atoms with van der Waals surface area (Å²) in [5, 5.41) is 4.56. The lowest BCUT2D eigenvalue weighted by atomic mass is 10.0. The zero-order chi connectivity index (χ0) is 20.1. The Labute approximate surface area is 169 Å². The number of hydrogen-bond acceptors (Lipinski definition) is 5. The third kappa shape index (κ3) is 3.62. The molecule has 142 valence electrons. The molecule has 3 aromatic rings. The van der Waals surface area contributed by atoms with Gasteiger partial charge in [-0.25, -0.2) is 0 Å². The van der Waals surface area contributed by atoms with Crippen LogP contribution >= 0.6 is 35.3 Å². The number of pyridine rings is 1. The van der Waals surface area contributed by atoms with Crippen LogP contribution in [0.4, 0.5) is 13.2 Å². The molecule has 10 heteroatoms. The van der Waals surface area contributed by atoms with E-state index in [1.165, 1.54) is 29.2 Å². The predicted octanol–water partition coefficient (Wildman–Crippen LogP) is 4.76. The fraction of sp³-hybridized carbons (Fsp3) is 0.0556. The van der Waals surface area contributed by atoms with E-state index >= 15 is 0 Å². The number of carbonyl (C=O) groups is 1. The number of amides is 1. The maximum Gasteiger partial charge on any atom is 0.431 e. The minimum Gasteiger partial charge on any atom is -0.351 e. The van der Waals surface area contributed by atoms with Gasteiger partial charge in [-0.15, -0.1) is 11.3 Å². The molecular formula is C18H9F3N2O2S3. The Hall–Kier alpha value is -2.43. The Morgan fingerprint density at radius 3 is 2.54 bits per heavy atom. The molecule has 0 radical (unpaired) electrons. The van der Waals surface area contributed by atoms with E-state index in [1.54, 1.807) is 18.2 Å². The second-order valence-corrected chi connectivity index (χ2v) is 8.56. The zero-order valence-electron chi connectivity index (χ0n) is 13.7. The molecule has 4 nitrogen and oxygen atoms in total. The highest BCUT2D eigenvalue weighted by Crippen LogP contribution is 2.32. The van der Waals surface area contributed by atoms with Crippen LogP contribution in [0, 0.1) is 0 Å². The lowest BCUT2D eigenvalue weighted by Crippen LogP contribution is -2.17. The smallest absolute Gasteiger partial charge is 0.351 e. The molecule has 0 bridgehead atoms. The number of nitrogens with one attached hydrogen (secondary N) is 2. The van der Waals surface area contributed by atoms with Crippen molar-refractivity contribution >= 4 is 62.5 Å². The number of thiocarbonyl (C=S) groups is 1. The van der Waals surface area contributed by atoms with Crippen LogP contribution in [0.2, 0.25) is 0 Å². The van der Waals surface area contributed by atoms with Gasteiger partial charge in [0.15, 0.2) is 5.43 Å². The van der Waals surface area contributed by atoms with E-state index in [0.29, 0.717) is 20.9 Å².